The number of thiophene rings is 1. The summed E-state index contributed by atoms with van der Waals surface area (Å²) in [4.78, 5) is 19.3. The van der Waals surface area contributed by atoms with Crippen molar-refractivity contribution in [2.75, 3.05) is 0 Å². The van der Waals surface area contributed by atoms with E-state index in [0.29, 0.717) is 18.5 Å². The van der Waals surface area contributed by atoms with E-state index in [1.165, 1.54) is 54.5 Å². The smallest absolute Gasteiger partial charge is 0.210 e. The Kier molecular flexibility index (Phi) is 10.8. The predicted octanol–water partition coefficient (Wildman–Crippen LogP) is 10.5. The van der Waals surface area contributed by atoms with Crippen molar-refractivity contribution in [1.29, 1.82) is 0 Å². The molecule has 0 bridgehead atoms. The largest absolute Gasteiger partial charge is 0.338 e. The first kappa shape index (κ1) is 29.6. The van der Waals surface area contributed by atoms with Gasteiger partial charge in [-0.05, 0) is 73.6 Å². The maximum absolute atomic E-state index is 11.6. The second-order valence-corrected chi connectivity index (χ2v) is 12.1. The van der Waals surface area contributed by atoms with Gasteiger partial charge in [-0.3, -0.25) is 9.78 Å². The van der Waals surface area contributed by atoms with Crippen molar-refractivity contribution >= 4 is 51.0 Å². The lowest BCUT2D eigenvalue weighted by Crippen LogP contribution is -2.35. The van der Waals surface area contributed by atoms with E-state index < -0.39 is 0 Å². The molecule has 6 heteroatoms. The lowest BCUT2D eigenvalue weighted by atomic mass is 9.94. The molecule has 2 aliphatic carbocycles. The fourth-order valence-corrected chi connectivity index (χ4v) is 6.70. The molecule has 2 aromatic carbocycles. The van der Waals surface area contributed by atoms with Crippen molar-refractivity contribution in [2.45, 2.75) is 84.2 Å². The summed E-state index contributed by atoms with van der Waals surface area (Å²) in [5, 5.41) is 2.68. The Morgan fingerprint density at radius 3 is 2.36 bits per heavy atom. The number of aryl methyl sites for hydroxylation is 1. The van der Waals surface area contributed by atoms with Crippen molar-refractivity contribution in [1.82, 2.24) is 9.88 Å². The minimum atomic E-state index is 0.414. The van der Waals surface area contributed by atoms with Crippen LogP contribution < -0.4 is 0 Å². The third-order valence-corrected chi connectivity index (χ3v) is 9.53. The summed E-state index contributed by atoms with van der Waals surface area (Å²) in [5.41, 5.74) is 4.88. The molecule has 3 nitrogen and oxygen atoms in total. The number of amides is 1. The van der Waals surface area contributed by atoms with Crippen LogP contribution in [0.4, 0.5) is 0 Å². The number of nitrogens with zero attached hydrogens (tertiary/aromatic N) is 2. The Bertz CT molecular complexity index is 1380. The van der Waals surface area contributed by atoms with E-state index in [1.54, 1.807) is 11.3 Å². The summed E-state index contributed by atoms with van der Waals surface area (Å²) in [7, 11) is 0. The van der Waals surface area contributed by atoms with E-state index in [9.17, 15) is 4.79 Å². The Labute approximate surface area is 247 Å². The van der Waals surface area contributed by atoms with Gasteiger partial charge in [0.1, 0.15) is 0 Å². The highest BCUT2D eigenvalue weighted by molar-refractivity contribution is 7.20. The average molecular weight is 582 g/mol. The summed E-state index contributed by atoms with van der Waals surface area (Å²) in [5.74, 6) is 0.667. The van der Waals surface area contributed by atoms with E-state index in [2.05, 4.69) is 41.4 Å². The summed E-state index contributed by atoms with van der Waals surface area (Å²) in [6, 6.07) is 19.1. The molecule has 0 unspecified atom stereocenters. The molecule has 2 aromatic heterocycles. The van der Waals surface area contributed by atoms with Gasteiger partial charge in [-0.2, -0.15) is 0 Å². The highest BCUT2D eigenvalue weighted by Gasteiger charge is 2.25. The highest BCUT2D eigenvalue weighted by Crippen LogP contribution is 2.40. The van der Waals surface area contributed by atoms with Crippen molar-refractivity contribution < 1.29 is 4.79 Å². The fourth-order valence-electron chi connectivity index (χ4n) is 5.13. The van der Waals surface area contributed by atoms with Gasteiger partial charge in [-0.25, -0.2) is 0 Å². The van der Waals surface area contributed by atoms with Crippen LogP contribution in [0.3, 0.4) is 0 Å². The third-order valence-electron chi connectivity index (χ3n) is 7.35. The van der Waals surface area contributed by atoms with Crippen molar-refractivity contribution in [3.05, 3.63) is 87.0 Å². The molecule has 2 fully saturated rings. The lowest BCUT2D eigenvalue weighted by Gasteiger charge is -2.31. The van der Waals surface area contributed by atoms with Gasteiger partial charge in [0, 0.05) is 40.7 Å². The Morgan fingerprint density at radius 2 is 1.67 bits per heavy atom. The molecular weight excluding hydrogens is 543 g/mol. The zero-order chi connectivity index (χ0) is 27.8. The molecule has 0 saturated heterocycles. The molecule has 0 aliphatic heterocycles. The van der Waals surface area contributed by atoms with Crippen LogP contribution >= 0.6 is 34.5 Å². The number of pyridine rings is 1. The number of hydrogen-bond donors (Lipinski definition) is 0. The number of carbonyl (C=O) groups is 1. The van der Waals surface area contributed by atoms with Gasteiger partial charge < -0.3 is 4.90 Å². The molecule has 0 N–H and O–H groups in total. The molecule has 4 aromatic rings. The molecule has 39 heavy (non-hydrogen) atoms. The number of hydrogen-bond acceptors (Lipinski definition) is 3. The van der Waals surface area contributed by atoms with Gasteiger partial charge >= 0.3 is 0 Å². The number of carbonyl (C=O) groups excluding carboxylic acids is 1. The van der Waals surface area contributed by atoms with Crippen LogP contribution in [0.5, 0.6) is 0 Å². The van der Waals surface area contributed by atoms with E-state index in [4.69, 9.17) is 23.2 Å². The molecule has 6 rings (SSSR count). The van der Waals surface area contributed by atoms with Crippen LogP contribution in [0.1, 0.15) is 80.8 Å². The Balaban J connectivity index is 0.000000211. The van der Waals surface area contributed by atoms with Crippen molar-refractivity contribution in [2.24, 2.45) is 0 Å². The van der Waals surface area contributed by atoms with Crippen molar-refractivity contribution in [3.8, 4) is 11.1 Å². The second kappa shape index (κ2) is 14.3. The van der Waals surface area contributed by atoms with E-state index >= 15 is 0 Å². The van der Waals surface area contributed by atoms with Crippen LogP contribution in [-0.2, 0) is 11.3 Å². The summed E-state index contributed by atoms with van der Waals surface area (Å²) in [6.07, 6.45) is 11.6. The zero-order valence-corrected chi connectivity index (χ0v) is 25.5. The standard InChI is InChI=1S/C22H26N2O.C9H6Cl2S.C2H6/c25-16-24(21-7-2-1-3-8-21)15-17-5-4-6-19(13-17)20-11-12-23-22(14-20)18-9-10-18;1-5-8(11)6-3-2-4-7(10)9(6)12-5;1-2/h4-6,11-14,16,18,21H,1-3,7-10,15H2;2-4H,1H3;1-2H3. The van der Waals surface area contributed by atoms with E-state index in [0.717, 1.165) is 44.3 Å². The quantitative estimate of drug-likeness (QED) is 0.212. The predicted molar refractivity (Wildman–Crippen MR) is 168 cm³/mol. The molecule has 2 aliphatic rings. The topological polar surface area (TPSA) is 33.2 Å². The first-order valence-corrected chi connectivity index (χ1v) is 15.7. The number of benzene rings is 2. The normalized spacial score (nSPS) is 15.1. The number of aromatic nitrogens is 1. The van der Waals surface area contributed by atoms with E-state index in [-0.39, 0.29) is 0 Å². The Hall–Kier alpha value is -2.40. The minimum absolute atomic E-state index is 0.414. The molecule has 1 amide bonds. The van der Waals surface area contributed by atoms with Crippen LogP contribution in [0.2, 0.25) is 10.0 Å². The minimum Gasteiger partial charge on any atom is -0.338 e. The van der Waals surface area contributed by atoms with Gasteiger partial charge in [0.25, 0.3) is 0 Å². The summed E-state index contributed by atoms with van der Waals surface area (Å²) in [6.45, 7) is 6.71. The number of rotatable bonds is 6. The average Bonchev–Trinajstić information content (AvgIpc) is 3.80. The lowest BCUT2D eigenvalue weighted by molar-refractivity contribution is -0.121. The van der Waals surface area contributed by atoms with Gasteiger partial charge in [-0.1, -0.05) is 86.6 Å². The SMILES string of the molecule is CC.Cc1sc2c(Cl)cccc2c1Cl.O=CN(Cc1cccc(-c2ccnc(C3CC3)c2)c1)C1CCCCC1. The summed E-state index contributed by atoms with van der Waals surface area (Å²) >= 11 is 13.7. The van der Waals surface area contributed by atoms with Gasteiger partial charge in [0.15, 0.2) is 0 Å². The molecule has 0 atom stereocenters. The van der Waals surface area contributed by atoms with Crippen LogP contribution in [0.25, 0.3) is 21.2 Å². The van der Waals surface area contributed by atoms with Gasteiger partial charge in [-0.15, -0.1) is 11.3 Å². The Morgan fingerprint density at radius 1 is 0.949 bits per heavy atom. The number of halogens is 2. The molecule has 2 heterocycles. The van der Waals surface area contributed by atoms with Gasteiger partial charge in [0.05, 0.1) is 14.7 Å². The van der Waals surface area contributed by atoms with Crippen LogP contribution in [-0.4, -0.2) is 22.3 Å². The number of fused-ring (bicyclic) bond motifs is 1. The monoisotopic (exact) mass is 580 g/mol. The first-order chi connectivity index (χ1) is 19.0. The van der Waals surface area contributed by atoms with Crippen molar-refractivity contribution in [3.63, 3.8) is 0 Å². The maximum Gasteiger partial charge on any atom is 0.210 e. The van der Waals surface area contributed by atoms with Crippen LogP contribution in [0.15, 0.2) is 60.8 Å². The summed E-state index contributed by atoms with van der Waals surface area (Å²) < 4.78 is 1.08. The molecule has 2 saturated carbocycles. The highest BCUT2D eigenvalue weighted by atomic mass is 35.5. The molecule has 206 valence electrons. The van der Waals surface area contributed by atoms with Gasteiger partial charge in [0.2, 0.25) is 6.41 Å². The maximum atomic E-state index is 11.6. The first-order valence-electron chi connectivity index (χ1n) is 14.1. The van der Waals surface area contributed by atoms with E-state index in [1.807, 2.05) is 50.1 Å². The zero-order valence-electron chi connectivity index (χ0n) is 23.1. The van der Waals surface area contributed by atoms with Crippen LogP contribution in [0, 0.1) is 6.92 Å². The molecule has 0 spiro atoms. The second-order valence-electron chi connectivity index (χ2n) is 10.1. The molecular formula is C33H38Cl2N2OS. The fraction of sp³-hybridized carbons (Fsp3) is 0.394. The third kappa shape index (κ3) is 7.63. The molecule has 0 radical (unpaired) electrons.